The van der Waals surface area contributed by atoms with Crippen molar-refractivity contribution in [1.29, 1.82) is 0 Å². The van der Waals surface area contributed by atoms with E-state index in [1.165, 1.54) is 0 Å². The molecular weight excluding hydrogens is 238 g/mol. The standard InChI is InChI=1S/C15H13N3O/c1-11-5-7-12(8-6-11)16-15(19)14-10-13-4-2-3-9-18(13)17-14/h2-10H,1H3,(H,16,19). The molecule has 1 aromatic carbocycles. The molecule has 0 fully saturated rings. The number of nitrogens with one attached hydrogen (secondary N) is 1. The Balaban J connectivity index is 1.85. The largest absolute Gasteiger partial charge is 0.321 e. The van der Waals surface area contributed by atoms with Crippen LogP contribution in [0.3, 0.4) is 0 Å². The molecule has 0 aliphatic rings. The van der Waals surface area contributed by atoms with Crippen molar-refractivity contribution in [2.45, 2.75) is 6.92 Å². The number of hydrogen-bond donors (Lipinski definition) is 1. The number of aryl methyl sites for hydroxylation is 1. The summed E-state index contributed by atoms with van der Waals surface area (Å²) < 4.78 is 1.68. The summed E-state index contributed by atoms with van der Waals surface area (Å²) in [4.78, 5) is 12.1. The average Bonchev–Trinajstić information content (AvgIpc) is 2.85. The molecule has 0 spiro atoms. The molecule has 2 aromatic heterocycles. The van der Waals surface area contributed by atoms with E-state index in [0.29, 0.717) is 5.69 Å². The van der Waals surface area contributed by atoms with Gasteiger partial charge in [0.05, 0.1) is 5.52 Å². The third kappa shape index (κ3) is 2.33. The number of nitrogens with zero attached hydrogens (tertiary/aromatic N) is 2. The second-order valence-electron chi connectivity index (χ2n) is 4.42. The maximum Gasteiger partial charge on any atom is 0.276 e. The van der Waals surface area contributed by atoms with Gasteiger partial charge in [0.1, 0.15) is 0 Å². The molecule has 4 nitrogen and oxygen atoms in total. The van der Waals surface area contributed by atoms with Crippen LogP contribution >= 0.6 is 0 Å². The van der Waals surface area contributed by atoms with Gasteiger partial charge in [0.15, 0.2) is 5.69 Å². The number of anilines is 1. The Kier molecular flexibility index (Phi) is 2.76. The Hall–Kier alpha value is -2.62. The molecule has 0 aliphatic heterocycles. The number of fused-ring (bicyclic) bond motifs is 1. The first-order chi connectivity index (χ1) is 9.22. The zero-order valence-corrected chi connectivity index (χ0v) is 10.5. The summed E-state index contributed by atoms with van der Waals surface area (Å²) in [5.74, 6) is -0.201. The maximum absolute atomic E-state index is 12.1. The van der Waals surface area contributed by atoms with Crippen LogP contribution in [0.1, 0.15) is 16.1 Å². The Bertz CT molecular complexity index is 695. The van der Waals surface area contributed by atoms with Crippen LogP contribution in [-0.2, 0) is 0 Å². The molecule has 0 radical (unpaired) electrons. The second kappa shape index (κ2) is 4.57. The molecule has 0 atom stereocenters. The van der Waals surface area contributed by atoms with E-state index in [4.69, 9.17) is 0 Å². The van der Waals surface area contributed by atoms with Gasteiger partial charge in [-0.15, -0.1) is 0 Å². The number of amides is 1. The van der Waals surface area contributed by atoms with Crippen molar-refractivity contribution in [3.8, 4) is 0 Å². The highest BCUT2D eigenvalue weighted by Crippen LogP contribution is 2.11. The van der Waals surface area contributed by atoms with Crippen molar-refractivity contribution in [2.24, 2.45) is 0 Å². The summed E-state index contributed by atoms with van der Waals surface area (Å²) >= 11 is 0. The quantitative estimate of drug-likeness (QED) is 0.761. The van der Waals surface area contributed by atoms with Gasteiger partial charge in [0.25, 0.3) is 5.91 Å². The summed E-state index contributed by atoms with van der Waals surface area (Å²) in [7, 11) is 0. The average molecular weight is 251 g/mol. The van der Waals surface area contributed by atoms with Crippen molar-refractivity contribution in [3.05, 3.63) is 66.0 Å². The first kappa shape index (κ1) is 11.5. The van der Waals surface area contributed by atoms with Crippen molar-refractivity contribution in [3.63, 3.8) is 0 Å². The zero-order valence-electron chi connectivity index (χ0n) is 10.5. The maximum atomic E-state index is 12.1. The minimum Gasteiger partial charge on any atom is -0.321 e. The van der Waals surface area contributed by atoms with E-state index < -0.39 is 0 Å². The van der Waals surface area contributed by atoms with Crippen LogP contribution in [0.4, 0.5) is 5.69 Å². The predicted octanol–water partition coefficient (Wildman–Crippen LogP) is 2.90. The van der Waals surface area contributed by atoms with Gasteiger partial charge in [-0.1, -0.05) is 23.8 Å². The fourth-order valence-electron chi connectivity index (χ4n) is 1.88. The Morgan fingerprint density at radius 2 is 1.95 bits per heavy atom. The monoisotopic (exact) mass is 251 g/mol. The lowest BCUT2D eigenvalue weighted by Gasteiger charge is -2.02. The van der Waals surface area contributed by atoms with E-state index in [0.717, 1.165) is 16.8 Å². The summed E-state index contributed by atoms with van der Waals surface area (Å²) in [5, 5.41) is 7.06. The van der Waals surface area contributed by atoms with Crippen molar-refractivity contribution >= 4 is 17.1 Å². The highest BCUT2D eigenvalue weighted by molar-refractivity contribution is 6.03. The van der Waals surface area contributed by atoms with Crippen LogP contribution in [0.5, 0.6) is 0 Å². The normalized spacial score (nSPS) is 10.6. The van der Waals surface area contributed by atoms with Gasteiger partial charge >= 0.3 is 0 Å². The van der Waals surface area contributed by atoms with Crippen molar-refractivity contribution in [1.82, 2.24) is 9.61 Å². The lowest BCUT2D eigenvalue weighted by Crippen LogP contribution is -2.12. The predicted molar refractivity (Wildman–Crippen MR) is 74.3 cm³/mol. The lowest BCUT2D eigenvalue weighted by molar-refractivity contribution is 0.102. The second-order valence-corrected chi connectivity index (χ2v) is 4.42. The number of benzene rings is 1. The fraction of sp³-hybridized carbons (Fsp3) is 0.0667. The fourth-order valence-corrected chi connectivity index (χ4v) is 1.88. The first-order valence-electron chi connectivity index (χ1n) is 6.05. The molecule has 19 heavy (non-hydrogen) atoms. The zero-order chi connectivity index (χ0) is 13.2. The van der Waals surface area contributed by atoms with Crippen LogP contribution in [0.15, 0.2) is 54.7 Å². The van der Waals surface area contributed by atoms with Crippen molar-refractivity contribution in [2.75, 3.05) is 5.32 Å². The smallest absolute Gasteiger partial charge is 0.276 e. The number of pyridine rings is 1. The van der Waals surface area contributed by atoms with Crippen molar-refractivity contribution < 1.29 is 4.79 Å². The van der Waals surface area contributed by atoms with Crippen LogP contribution < -0.4 is 5.32 Å². The first-order valence-corrected chi connectivity index (χ1v) is 6.05. The summed E-state index contributed by atoms with van der Waals surface area (Å²) in [6, 6.07) is 15.1. The van der Waals surface area contributed by atoms with E-state index in [2.05, 4.69) is 10.4 Å². The molecule has 4 heteroatoms. The summed E-state index contributed by atoms with van der Waals surface area (Å²) in [6.45, 7) is 2.01. The minimum absolute atomic E-state index is 0.201. The van der Waals surface area contributed by atoms with Gasteiger partial charge in [-0.05, 0) is 37.3 Å². The minimum atomic E-state index is -0.201. The van der Waals surface area contributed by atoms with Gasteiger partial charge in [0, 0.05) is 11.9 Å². The highest BCUT2D eigenvalue weighted by Gasteiger charge is 2.10. The lowest BCUT2D eigenvalue weighted by atomic mass is 10.2. The third-order valence-electron chi connectivity index (χ3n) is 2.91. The number of hydrogen-bond acceptors (Lipinski definition) is 2. The van der Waals surface area contributed by atoms with E-state index >= 15 is 0 Å². The molecule has 0 saturated carbocycles. The van der Waals surface area contributed by atoms with Crippen LogP contribution in [0.2, 0.25) is 0 Å². The van der Waals surface area contributed by atoms with Gasteiger partial charge in [0.2, 0.25) is 0 Å². The summed E-state index contributed by atoms with van der Waals surface area (Å²) in [6.07, 6.45) is 1.82. The summed E-state index contributed by atoms with van der Waals surface area (Å²) in [5.41, 5.74) is 3.24. The molecule has 0 bridgehead atoms. The van der Waals surface area contributed by atoms with Crippen LogP contribution in [0.25, 0.3) is 5.52 Å². The topological polar surface area (TPSA) is 46.4 Å². The Morgan fingerprint density at radius 1 is 1.16 bits per heavy atom. The Morgan fingerprint density at radius 3 is 2.68 bits per heavy atom. The molecule has 3 rings (SSSR count). The van der Waals surface area contributed by atoms with Gasteiger partial charge in [-0.3, -0.25) is 4.79 Å². The van der Waals surface area contributed by atoms with E-state index in [1.54, 1.807) is 10.6 Å². The molecule has 0 unspecified atom stereocenters. The molecule has 3 aromatic rings. The molecule has 0 saturated heterocycles. The van der Waals surface area contributed by atoms with Gasteiger partial charge in [-0.25, -0.2) is 4.52 Å². The van der Waals surface area contributed by atoms with Crippen LogP contribution in [0, 0.1) is 6.92 Å². The molecule has 2 heterocycles. The Labute approximate surface area is 110 Å². The number of carbonyl (C=O) groups is 1. The van der Waals surface area contributed by atoms with Gasteiger partial charge < -0.3 is 5.32 Å². The number of rotatable bonds is 2. The van der Waals surface area contributed by atoms with Crippen LogP contribution in [-0.4, -0.2) is 15.5 Å². The molecular formula is C15H13N3O. The molecule has 1 amide bonds. The molecule has 94 valence electrons. The SMILES string of the molecule is Cc1ccc(NC(=O)c2cc3ccccn3n2)cc1. The molecule has 1 N–H and O–H groups in total. The number of carbonyl (C=O) groups excluding carboxylic acids is 1. The van der Waals surface area contributed by atoms with Gasteiger partial charge in [-0.2, -0.15) is 5.10 Å². The van der Waals surface area contributed by atoms with E-state index in [1.807, 2.05) is 55.6 Å². The molecule has 0 aliphatic carbocycles. The third-order valence-corrected chi connectivity index (χ3v) is 2.91. The number of aromatic nitrogens is 2. The highest BCUT2D eigenvalue weighted by atomic mass is 16.1. The van der Waals surface area contributed by atoms with E-state index in [-0.39, 0.29) is 5.91 Å². The van der Waals surface area contributed by atoms with E-state index in [9.17, 15) is 4.79 Å².